The number of nitrogens with zero attached hydrogens (tertiary/aromatic N) is 5. The third kappa shape index (κ3) is 3.66. The van der Waals surface area contributed by atoms with Gasteiger partial charge >= 0.3 is 5.69 Å². The van der Waals surface area contributed by atoms with Crippen LogP contribution in [0.2, 0.25) is 0 Å². The number of nitro groups is 1. The lowest BCUT2D eigenvalue weighted by molar-refractivity contribution is -0.386. The highest BCUT2D eigenvalue weighted by Gasteiger charge is 2.19. The molecule has 1 aromatic heterocycles. The topological polar surface area (TPSA) is 185 Å². The number of amidine groups is 1. The molecule has 0 atom stereocenters. The summed E-state index contributed by atoms with van der Waals surface area (Å²) in [5, 5.41) is 46.4. The van der Waals surface area contributed by atoms with Crippen molar-refractivity contribution in [2.45, 2.75) is 0 Å². The Labute approximate surface area is 162 Å². The van der Waals surface area contributed by atoms with E-state index in [2.05, 4.69) is 15.2 Å². The molecule has 0 saturated heterocycles. The van der Waals surface area contributed by atoms with E-state index in [4.69, 9.17) is 15.9 Å². The fourth-order valence-electron chi connectivity index (χ4n) is 2.50. The van der Waals surface area contributed by atoms with Crippen molar-refractivity contribution >= 4 is 28.8 Å². The molecular formula is C17H15N7O5. The number of para-hydroxylation sites is 2. The summed E-state index contributed by atoms with van der Waals surface area (Å²) in [7, 11) is 1.25. The van der Waals surface area contributed by atoms with Crippen LogP contribution >= 0.6 is 0 Å². The van der Waals surface area contributed by atoms with E-state index in [1.807, 2.05) is 0 Å². The molecule has 0 bridgehead atoms. The van der Waals surface area contributed by atoms with Crippen LogP contribution in [0, 0.1) is 15.5 Å². The van der Waals surface area contributed by atoms with Crippen molar-refractivity contribution in [3.05, 3.63) is 63.3 Å². The van der Waals surface area contributed by atoms with Crippen LogP contribution in [0.5, 0.6) is 11.5 Å². The molecule has 1 heterocycles. The molecule has 0 amide bonds. The maximum atomic E-state index is 11.0. The highest BCUT2D eigenvalue weighted by Crippen LogP contribution is 2.36. The van der Waals surface area contributed by atoms with Gasteiger partial charge < -0.3 is 20.8 Å². The van der Waals surface area contributed by atoms with Crippen molar-refractivity contribution in [1.82, 2.24) is 9.71 Å². The molecule has 0 spiro atoms. The average Bonchev–Trinajstić information content (AvgIpc) is 2.71. The summed E-state index contributed by atoms with van der Waals surface area (Å²) in [5.41, 5.74) is 5.72. The Morgan fingerprint density at radius 2 is 2.14 bits per heavy atom. The van der Waals surface area contributed by atoms with E-state index in [-0.39, 0.29) is 28.3 Å². The highest BCUT2D eigenvalue weighted by atomic mass is 16.6. The van der Waals surface area contributed by atoms with Crippen LogP contribution in [0.3, 0.4) is 0 Å². The normalized spacial score (nSPS) is 11.8. The number of nitro benzene ring substituents is 1. The molecule has 5 N–H and O–H groups in total. The number of fused-ring (bicyclic) bond motifs is 1. The maximum Gasteiger partial charge on any atom is 0.315 e. The van der Waals surface area contributed by atoms with Crippen LogP contribution in [0.25, 0.3) is 11.0 Å². The Kier molecular flexibility index (Phi) is 5.08. The number of aromatic nitrogens is 2. The molecule has 0 unspecified atom stereocenters. The summed E-state index contributed by atoms with van der Waals surface area (Å²) in [4.78, 5) is 14.5. The lowest BCUT2D eigenvalue weighted by Gasteiger charge is -2.07. The zero-order chi connectivity index (χ0) is 21.1. The number of phenolic OH excluding ortho intramolecular Hbond substituents is 1. The Balaban J connectivity index is 1.98. The summed E-state index contributed by atoms with van der Waals surface area (Å²) in [5.74, 6) is -0.965. The van der Waals surface area contributed by atoms with Gasteiger partial charge in [-0.1, -0.05) is 12.1 Å². The first-order valence-corrected chi connectivity index (χ1v) is 8.01. The third-order valence-electron chi connectivity index (χ3n) is 3.89. The molecule has 2 aromatic carbocycles. The van der Waals surface area contributed by atoms with Gasteiger partial charge in [0.25, 0.3) is 0 Å². The number of methoxy groups -OCH3 is 1. The molecule has 0 aliphatic carbocycles. The molecule has 0 aliphatic rings. The molecule has 148 valence electrons. The second kappa shape index (κ2) is 7.64. The van der Waals surface area contributed by atoms with Crippen LogP contribution < -0.4 is 16.0 Å². The number of phenols is 1. The third-order valence-corrected chi connectivity index (χ3v) is 3.89. The van der Waals surface area contributed by atoms with Gasteiger partial charge in [-0.15, -0.1) is 5.10 Å². The van der Waals surface area contributed by atoms with Gasteiger partial charge in [0, 0.05) is 11.6 Å². The van der Waals surface area contributed by atoms with E-state index in [1.165, 1.54) is 13.2 Å². The molecule has 0 aliphatic heterocycles. The van der Waals surface area contributed by atoms with E-state index in [0.29, 0.717) is 15.8 Å². The smallest absolute Gasteiger partial charge is 0.315 e. The van der Waals surface area contributed by atoms with Crippen LogP contribution in [-0.2, 0) is 0 Å². The van der Waals surface area contributed by atoms with Gasteiger partial charge in [0.2, 0.25) is 5.75 Å². The van der Waals surface area contributed by atoms with Crippen molar-refractivity contribution in [2.24, 2.45) is 15.9 Å². The molecule has 0 saturated carbocycles. The SMILES string of the molecule is COc1cc(C=NN=C(N)c2nc3ccccc3n(O)c2=N)cc([N+](=O)[O-])c1O. The minimum Gasteiger partial charge on any atom is -0.500 e. The van der Waals surface area contributed by atoms with Gasteiger partial charge in [0.15, 0.2) is 22.8 Å². The van der Waals surface area contributed by atoms with E-state index in [9.17, 15) is 20.4 Å². The van der Waals surface area contributed by atoms with Gasteiger partial charge in [-0.25, -0.2) is 4.98 Å². The number of benzene rings is 2. The van der Waals surface area contributed by atoms with E-state index >= 15 is 0 Å². The molecule has 0 fully saturated rings. The van der Waals surface area contributed by atoms with Gasteiger partial charge in [-0.05, 0) is 18.2 Å². The van der Waals surface area contributed by atoms with Gasteiger partial charge in [-0.3, -0.25) is 15.5 Å². The fraction of sp³-hybridized carbons (Fsp3) is 0.0588. The Hall–Kier alpha value is -4.48. The number of nitrogens with one attached hydrogen (secondary N) is 1. The lowest BCUT2D eigenvalue weighted by atomic mass is 10.2. The van der Waals surface area contributed by atoms with E-state index in [0.717, 1.165) is 12.3 Å². The standard InChI is InChI=1S/C17H15N7O5/c1-29-13-7-9(6-12(15(13)25)24(27)28)8-20-22-16(18)14-17(19)23(26)11-5-3-2-4-10(11)21-14/h2-8,19,25-26H,1H3,(H2,18,22). The zero-order valence-corrected chi connectivity index (χ0v) is 15.0. The number of hydrogen-bond acceptors (Lipinski definition) is 9. The molecule has 0 radical (unpaired) electrons. The summed E-state index contributed by atoms with van der Waals surface area (Å²) in [6, 6.07) is 9.01. The second-order valence-electron chi connectivity index (χ2n) is 5.69. The molecular weight excluding hydrogens is 382 g/mol. The minimum atomic E-state index is -0.766. The largest absolute Gasteiger partial charge is 0.500 e. The molecule has 29 heavy (non-hydrogen) atoms. The van der Waals surface area contributed by atoms with Crippen LogP contribution in [0.1, 0.15) is 11.3 Å². The van der Waals surface area contributed by atoms with E-state index < -0.39 is 16.4 Å². The number of rotatable bonds is 5. The second-order valence-corrected chi connectivity index (χ2v) is 5.69. The molecule has 3 aromatic rings. The number of aromatic hydroxyl groups is 1. The minimum absolute atomic E-state index is 0.0994. The van der Waals surface area contributed by atoms with Crippen LogP contribution in [0.4, 0.5) is 5.69 Å². The summed E-state index contributed by atoms with van der Waals surface area (Å²) >= 11 is 0. The van der Waals surface area contributed by atoms with Gasteiger partial charge in [0.1, 0.15) is 5.52 Å². The molecule has 12 nitrogen and oxygen atoms in total. The monoisotopic (exact) mass is 397 g/mol. The predicted octanol–water partition coefficient (Wildman–Crippen LogP) is 1.11. The average molecular weight is 397 g/mol. The first kappa shape index (κ1) is 19.3. The quantitative estimate of drug-likeness (QED) is 0.163. The Morgan fingerprint density at radius 1 is 1.41 bits per heavy atom. The predicted molar refractivity (Wildman–Crippen MR) is 102 cm³/mol. The highest BCUT2D eigenvalue weighted by molar-refractivity contribution is 5.97. The number of hydrogen-bond donors (Lipinski definition) is 4. The van der Waals surface area contributed by atoms with Gasteiger partial charge in [0.05, 0.1) is 23.8 Å². The number of ether oxygens (including phenoxy) is 1. The summed E-state index contributed by atoms with van der Waals surface area (Å²) in [6.07, 6.45) is 1.15. The summed E-state index contributed by atoms with van der Waals surface area (Å²) in [6.45, 7) is 0. The van der Waals surface area contributed by atoms with Crippen LogP contribution in [0.15, 0.2) is 46.6 Å². The van der Waals surface area contributed by atoms with Crippen molar-refractivity contribution in [3.8, 4) is 11.5 Å². The molecule has 3 rings (SSSR count). The first-order valence-electron chi connectivity index (χ1n) is 8.01. The van der Waals surface area contributed by atoms with Gasteiger partial charge in [-0.2, -0.15) is 9.83 Å². The van der Waals surface area contributed by atoms with Crippen LogP contribution in [-0.4, -0.2) is 44.1 Å². The van der Waals surface area contributed by atoms with Crippen molar-refractivity contribution in [1.29, 1.82) is 5.41 Å². The first-order chi connectivity index (χ1) is 13.8. The maximum absolute atomic E-state index is 11.0. The fourth-order valence-corrected chi connectivity index (χ4v) is 2.50. The van der Waals surface area contributed by atoms with E-state index in [1.54, 1.807) is 24.3 Å². The summed E-state index contributed by atoms with van der Waals surface area (Å²) < 4.78 is 5.52. The van der Waals surface area contributed by atoms with Crippen molar-refractivity contribution in [3.63, 3.8) is 0 Å². The van der Waals surface area contributed by atoms with Crippen molar-refractivity contribution in [2.75, 3.05) is 7.11 Å². The Morgan fingerprint density at radius 3 is 2.83 bits per heavy atom. The van der Waals surface area contributed by atoms with Crippen molar-refractivity contribution < 1.29 is 20.0 Å². The Bertz CT molecular complexity index is 1230. The zero-order valence-electron chi connectivity index (χ0n) is 15.0. The molecule has 12 heteroatoms. The number of nitrogens with two attached hydrogens (primary N) is 1. The lowest BCUT2D eigenvalue weighted by Crippen LogP contribution is -2.31.